The molecule has 6 nitrogen and oxygen atoms in total. The summed E-state index contributed by atoms with van der Waals surface area (Å²) in [6.45, 7) is 1.88. The maximum atomic E-state index is 4.52. The Kier molecular flexibility index (Phi) is 3.54. The lowest BCUT2D eigenvalue weighted by Crippen LogP contribution is -2.20. The van der Waals surface area contributed by atoms with Gasteiger partial charge in [-0.25, -0.2) is 15.0 Å². The molecule has 0 fully saturated rings. The molecule has 0 radical (unpaired) electrons. The lowest BCUT2D eigenvalue weighted by Gasteiger charge is -2.18. The van der Waals surface area contributed by atoms with Crippen molar-refractivity contribution in [1.82, 2.24) is 24.5 Å². The molecular weight excluding hydrogens is 252 g/mol. The van der Waals surface area contributed by atoms with E-state index in [1.54, 1.807) is 18.6 Å². The Labute approximate surface area is 117 Å². The molecule has 0 amide bonds. The fourth-order valence-corrected chi connectivity index (χ4v) is 2.08. The SMILES string of the molecule is CN(CCCn1ccnc1)c1ccc2nccnc2n1. The summed E-state index contributed by atoms with van der Waals surface area (Å²) in [7, 11) is 2.04. The topological polar surface area (TPSA) is 59.7 Å². The first kappa shape index (κ1) is 12.5. The van der Waals surface area contributed by atoms with Gasteiger partial charge in [0.05, 0.1) is 6.33 Å². The summed E-state index contributed by atoms with van der Waals surface area (Å²) in [5.74, 6) is 0.920. The minimum absolute atomic E-state index is 0.687. The summed E-state index contributed by atoms with van der Waals surface area (Å²) >= 11 is 0. The van der Waals surface area contributed by atoms with E-state index in [2.05, 4.69) is 29.4 Å². The second kappa shape index (κ2) is 5.64. The zero-order chi connectivity index (χ0) is 13.8. The fourth-order valence-electron chi connectivity index (χ4n) is 2.08. The van der Waals surface area contributed by atoms with E-state index in [1.807, 2.05) is 31.7 Å². The third kappa shape index (κ3) is 2.74. The molecule has 3 rings (SSSR count). The summed E-state index contributed by atoms with van der Waals surface area (Å²) in [6, 6.07) is 3.94. The van der Waals surface area contributed by atoms with Crippen LogP contribution >= 0.6 is 0 Å². The number of fused-ring (bicyclic) bond motifs is 1. The van der Waals surface area contributed by atoms with Crippen LogP contribution in [0.4, 0.5) is 5.82 Å². The Balaban J connectivity index is 1.64. The molecule has 20 heavy (non-hydrogen) atoms. The van der Waals surface area contributed by atoms with E-state index in [9.17, 15) is 0 Å². The Morgan fingerprint density at radius 2 is 2.05 bits per heavy atom. The zero-order valence-corrected chi connectivity index (χ0v) is 11.3. The largest absolute Gasteiger partial charge is 0.360 e. The number of anilines is 1. The lowest BCUT2D eigenvalue weighted by atomic mass is 10.3. The smallest absolute Gasteiger partial charge is 0.180 e. The molecule has 6 heteroatoms. The van der Waals surface area contributed by atoms with Crippen LogP contribution in [0.1, 0.15) is 6.42 Å². The summed E-state index contributed by atoms with van der Waals surface area (Å²) in [4.78, 5) is 19.1. The third-order valence-electron chi connectivity index (χ3n) is 3.18. The molecule has 0 aliphatic heterocycles. The van der Waals surface area contributed by atoms with Crippen molar-refractivity contribution in [3.05, 3.63) is 43.2 Å². The fraction of sp³-hybridized carbons (Fsp3) is 0.286. The van der Waals surface area contributed by atoms with Crippen LogP contribution in [-0.2, 0) is 6.54 Å². The van der Waals surface area contributed by atoms with Crippen molar-refractivity contribution in [2.45, 2.75) is 13.0 Å². The van der Waals surface area contributed by atoms with Crippen LogP contribution in [0.3, 0.4) is 0 Å². The summed E-state index contributed by atoms with van der Waals surface area (Å²) in [5.41, 5.74) is 1.51. The van der Waals surface area contributed by atoms with Crippen LogP contribution in [0.5, 0.6) is 0 Å². The highest BCUT2D eigenvalue weighted by atomic mass is 15.2. The van der Waals surface area contributed by atoms with E-state index in [4.69, 9.17) is 0 Å². The average Bonchev–Trinajstić information content (AvgIpc) is 3.00. The van der Waals surface area contributed by atoms with Gasteiger partial charge in [-0.2, -0.15) is 0 Å². The Hall–Kier alpha value is -2.50. The number of rotatable bonds is 5. The molecule has 0 unspecified atom stereocenters. The predicted octanol–water partition coefficient (Wildman–Crippen LogP) is 1.75. The van der Waals surface area contributed by atoms with Crippen LogP contribution in [0.2, 0.25) is 0 Å². The molecule has 3 aromatic rings. The van der Waals surface area contributed by atoms with Crippen molar-refractivity contribution >= 4 is 17.0 Å². The minimum atomic E-state index is 0.687. The number of pyridine rings is 1. The average molecular weight is 268 g/mol. The standard InChI is InChI=1S/C14H16N6/c1-19(8-2-9-20-10-7-15-11-20)13-4-3-12-14(18-13)17-6-5-16-12/h3-7,10-11H,2,8-9H2,1H3. The molecule has 0 N–H and O–H groups in total. The van der Waals surface area contributed by atoms with Crippen molar-refractivity contribution in [3.8, 4) is 0 Å². The van der Waals surface area contributed by atoms with Crippen LogP contribution in [0.25, 0.3) is 11.2 Å². The van der Waals surface area contributed by atoms with Gasteiger partial charge in [0.2, 0.25) is 0 Å². The summed E-state index contributed by atoms with van der Waals surface area (Å²) in [6.07, 6.45) is 9.99. The first-order chi connectivity index (χ1) is 9.83. The Morgan fingerprint density at radius 3 is 2.90 bits per heavy atom. The highest BCUT2D eigenvalue weighted by molar-refractivity contribution is 5.71. The van der Waals surface area contributed by atoms with Gasteiger partial charge in [0.25, 0.3) is 0 Å². The molecule has 0 atom stereocenters. The summed E-state index contributed by atoms with van der Waals surface area (Å²) in [5, 5.41) is 0. The van der Waals surface area contributed by atoms with Crippen LogP contribution in [-0.4, -0.2) is 38.1 Å². The number of aromatic nitrogens is 5. The highest BCUT2D eigenvalue weighted by Gasteiger charge is 2.04. The highest BCUT2D eigenvalue weighted by Crippen LogP contribution is 2.13. The third-order valence-corrected chi connectivity index (χ3v) is 3.18. The van der Waals surface area contributed by atoms with Crippen molar-refractivity contribution in [2.75, 3.05) is 18.5 Å². The van der Waals surface area contributed by atoms with Gasteiger partial charge in [-0.15, -0.1) is 0 Å². The van der Waals surface area contributed by atoms with E-state index in [-0.39, 0.29) is 0 Å². The van der Waals surface area contributed by atoms with Crippen molar-refractivity contribution in [3.63, 3.8) is 0 Å². The quantitative estimate of drug-likeness (QED) is 0.705. The normalized spacial score (nSPS) is 10.8. The number of aryl methyl sites for hydroxylation is 1. The van der Waals surface area contributed by atoms with Crippen molar-refractivity contribution in [1.29, 1.82) is 0 Å². The van der Waals surface area contributed by atoms with Crippen LogP contribution < -0.4 is 4.90 Å². The number of hydrogen-bond acceptors (Lipinski definition) is 5. The minimum Gasteiger partial charge on any atom is -0.360 e. The van der Waals surface area contributed by atoms with Gasteiger partial charge in [-0.3, -0.25) is 4.98 Å². The van der Waals surface area contributed by atoms with E-state index in [0.29, 0.717) is 5.65 Å². The van der Waals surface area contributed by atoms with Crippen molar-refractivity contribution in [2.24, 2.45) is 0 Å². The summed E-state index contributed by atoms with van der Waals surface area (Å²) < 4.78 is 2.08. The Bertz CT molecular complexity index is 679. The second-order valence-corrected chi connectivity index (χ2v) is 4.64. The van der Waals surface area contributed by atoms with Gasteiger partial charge in [0, 0.05) is 44.9 Å². The maximum absolute atomic E-state index is 4.52. The predicted molar refractivity (Wildman–Crippen MR) is 77.4 cm³/mol. The van der Waals surface area contributed by atoms with Crippen molar-refractivity contribution < 1.29 is 0 Å². The van der Waals surface area contributed by atoms with Crippen LogP contribution in [0.15, 0.2) is 43.2 Å². The molecule has 0 saturated carbocycles. The zero-order valence-electron chi connectivity index (χ0n) is 11.3. The first-order valence-electron chi connectivity index (χ1n) is 6.57. The van der Waals surface area contributed by atoms with E-state index < -0.39 is 0 Å². The molecule has 0 aliphatic rings. The molecule has 3 heterocycles. The number of hydrogen-bond donors (Lipinski definition) is 0. The van der Waals surface area contributed by atoms with E-state index >= 15 is 0 Å². The maximum Gasteiger partial charge on any atom is 0.180 e. The van der Waals surface area contributed by atoms with E-state index in [1.165, 1.54) is 0 Å². The lowest BCUT2D eigenvalue weighted by molar-refractivity contribution is 0.636. The molecule has 102 valence electrons. The van der Waals surface area contributed by atoms with Gasteiger partial charge in [0.15, 0.2) is 5.65 Å². The monoisotopic (exact) mass is 268 g/mol. The molecule has 0 aromatic carbocycles. The van der Waals surface area contributed by atoms with Gasteiger partial charge in [0.1, 0.15) is 11.3 Å². The molecule has 3 aromatic heterocycles. The molecule has 0 aliphatic carbocycles. The molecule has 0 spiro atoms. The van der Waals surface area contributed by atoms with Gasteiger partial charge < -0.3 is 9.47 Å². The number of nitrogens with zero attached hydrogens (tertiary/aromatic N) is 6. The van der Waals surface area contributed by atoms with Gasteiger partial charge >= 0.3 is 0 Å². The van der Waals surface area contributed by atoms with E-state index in [0.717, 1.165) is 30.8 Å². The van der Waals surface area contributed by atoms with Crippen LogP contribution in [0, 0.1) is 0 Å². The Morgan fingerprint density at radius 1 is 1.15 bits per heavy atom. The molecular formula is C14H16N6. The molecule has 0 saturated heterocycles. The van der Waals surface area contributed by atoms with Gasteiger partial charge in [-0.05, 0) is 18.6 Å². The number of imidazole rings is 1. The second-order valence-electron chi connectivity index (χ2n) is 4.64. The first-order valence-corrected chi connectivity index (χ1v) is 6.57. The molecule has 0 bridgehead atoms. The van der Waals surface area contributed by atoms with Gasteiger partial charge in [-0.1, -0.05) is 0 Å².